The van der Waals surface area contributed by atoms with E-state index in [0.29, 0.717) is 5.92 Å². The Morgan fingerprint density at radius 1 is 1.11 bits per heavy atom. The summed E-state index contributed by atoms with van der Waals surface area (Å²) in [7, 11) is 0. The number of rotatable bonds is 3. The van der Waals surface area contributed by atoms with Crippen LogP contribution >= 0.6 is 0 Å². The van der Waals surface area contributed by atoms with Gasteiger partial charge in [-0.2, -0.15) is 0 Å². The molecular formula is C15H15NO2. The van der Waals surface area contributed by atoms with Crippen molar-refractivity contribution in [3.05, 3.63) is 53.7 Å². The van der Waals surface area contributed by atoms with Gasteiger partial charge in [-0.15, -0.1) is 0 Å². The van der Waals surface area contributed by atoms with Gasteiger partial charge < -0.3 is 5.11 Å². The van der Waals surface area contributed by atoms with E-state index in [0.717, 1.165) is 11.3 Å². The molecule has 92 valence electrons. The Balaban J connectivity index is 2.28. The molecule has 0 unspecified atom stereocenters. The highest BCUT2D eigenvalue weighted by molar-refractivity contribution is 5.87. The minimum atomic E-state index is -0.954. The fraction of sp³-hybridized carbons (Fsp3) is 0.200. The van der Waals surface area contributed by atoms with Crippen molar-refractivity contribution >= 4 is 5.97 Å². The molecule has 0 saturated carbocycles. The number of aromatic nitrogens is 1. The van der Waals surface area contributed by atoms with E-state index in [1.54, 1.807) is 12.1 Å². The largest absolute Gasteiger partial charge is 0.478 e. The van der Waals surface area contributed by atoms with Crippen LogP contribution in [0.3, 0.4) is 0 Å². The summed E-state index contributed by atoms with van der Waals surface area (Å²) in [6, 6.07) is 11.5. The molecule has 1 aromatic heterocycles. The van der Waals surface area contributed by atoms with Crippen LogP contribution in [0.25, 0.3) is 11.3 Å². The topological polar surface area (TPSA) is 50.2 Å². The van der Waals surface area contributed by atoms with Crippen molar-refractivity contribution in [3.63, 3.8) is 0 Å². The maximum absolute atomic E-state index is 10.7. The van der Waals surface area contributed by atoms with Gasteiger partial charge in [0.2, 0.25) is 0 Å². The van der Waals surface area contributed by atoms with Gasteiger partial charge in [-0.25, -0.2) is 4.79 Å². The van der Waals surface area contributed by atoms with E-state index in [2.05, 4.69) is 31.0 Å². The van der Waals surface area contributed by atoms with Crippen molar-refractivity contribution in [1.29, 1.82) is 0 Å². The monoisotopic (exact) mass is 241 g/mol. The highest BCUT2D eigenvalue weighted by atomic mass is 16.4. The molecule has 0 aliphatic carbocycles. The van der Waals surface area contributed by atoms with Crippen LogP contribution < -0.4 is 0 Å². The van der Waals surface area contributed by atoms with Crippen molar-refractivity contribution in [2.45, 2.75) is 19.8 Å². The molecule has 0 radical (unpaired) electrons. The van der Waals surface area contributed by atoms with Crippen LogP contribution in [-0.4, -0.2) is 16.1 Å². The molecule has 0 atom stereocenters. The van der Waals surface area contributed by atoms with Crippen molar-refractivity contribution in [2.24, 2.45) is 0 Å². The summed E-state index contributed by atoms with van der Waals surface area (Å²) in [4.78, 5) is 14.9. The lowest BCUT2D eigenvalue weighted by molar-refractivity contribution is 0.0696. The molecule has 0 fully saturated rings. The molecule has 2 aromatic rings. The van der Waals surface area contributed by atoms with Crippen LogP contribution in [0.1, 0.15) is 35.7 Å². The van der Waals surface area contributed by atoms with E-state index >= 15 is 0 Å². The van der Waals surface area contributed by atoms with Gasteiger partial charge in [0.15, 0.2) is 0 Å². The van der Waals surface area contributed by atoms with Gasteiger partial charge >= 0.3 is 5.97 Å². The van der Waals surface area contributed by atoms with E-state index in [4.69, 9.17) is 5.11 Å². The minimum Gasteiger partial charge on any atom is -0.478 e. The summed E-state index contributed by atoms with van der Waals surface area (Å²) in [6.07, 6.45) is 1.38. The summed E-state index contributed by atoms with van der Waals surface area (Å²) in [5.74, 6) is -0.453. The molecule has 3 heteroatoms. The van der Waals surface area contributed by atoms with Gasteiger partial charge in [0, 0.05) is 11.8 Å². The molecule has 1 N–H and O–H groups in total. The normalized spacial score (nSPS) is 10.6. The number of pyridine rings is 1. The molecule has 0 amide bonds. The van der Waals surface area contributed by atoms with E-state index in [9.17, 15) is 4.79 Å². The average molecular weight is 241 g/mol. The summed E-state index contributed by atoms with van der Waals surface area (Å²) >= 11 is 0. The zero-order valence-corrected chi connectivity index (χ0v) is 10.4. The van der Waals surface area contributed by atoms with E-state index in [-0.39, 0.29) is 5.56 Å². The Morgan fingerprint density at radius 2 is 1.78 bits per heavy atom. The fourth-order valence-electron chi connectivity index (χ4n) is 1.73. The number of hydrogen-bond acceptors (Lipinski definition) is 2. The first kappa shape index (κ1) is 12.3. The number of aromatic carboxylic acids is 1. The highest BCUT2D eigenvalue weighted by Gasteiger charge is 2.05. The second-order valence-electron chi connectivity index (χ2n) is 4.51. The van der Waals surface area contributed by atoms with Gasteiger partial charge in [0.25, 0.3) is 0 Å². The van der Waals surface area contributed by atoms with Crippen molar-refractivity contribution in [3.8, 4) is 11.3 Å². The van der Waals surface area contributed by atoms with Crippen LogP contribution in [0.4, 0.5) is 0 Å². The Labute approximate surface area is 106 Å². The van der Waals surface area contributed by atoms with Crippen LogP contribution in [-0.2, 0) is 0 Å². The summed E-state index contributed by atoms with van der Waals surface area (Å²) in [5, 5.41) is 8.80. The number of benzene rings is 1. The summed E-state index contributed by atoms with van der Waals surface area (Å²) < 4.78 is 0. The third-order valence-electron chi connectivity index (χ3n) is 2.88. The SMILES string of the molecule is CC(C)c1ccc(-c2ccc(C(=O)O)cn2)cc1. The number of hydrogen-bond donors (Lipinski definition) is 1. The number of carbonyl (C=O) groups is 1. The smallest absolute Gasteiger partial charge is 0.337 e. The molecule has 0 aliphatic heterocycles. The van der Waals surface area contributed by atoms with Crippen molar-refractivity contribution in [1.82, 2.24) is 4.98 Å². The Bertz CT molecular complexity index is 542. The van der Waals surface area contributed by atoms with Crippen LogP contribution in [0.15, 0.2) is 42.6 Å². The molecule has 3 nitrogen and oxygen atoms in total. The van der Waals surface area contributed by atoms with Gasteiger partial charge in [-0.1, -0.05) is 38.1 Å². The molecule has 0 bridgehead atoms. The minimum absolute atomic E-state index is 0.206. The fourth-order valence-corrected chi connectivity index (χ4v) is 1.73. The maximum Gasteiger partial charge on any atom is 0.337 e. The second kappa shape index (κ2) is 5.00. The average Bonchev–Trinajstić information content (AvgIpc) is 2.39. The van der Waals surface area contributed by atoms with E-state index in [1.165, 1.54) is 11.8 Å². The zero-order valence-electron chi connectivity index (χ0n) is 10.4. The molecule has 1 aromatic carbocycles. The Morgan fingerprint density at radius 3 is 2.22 bits per heavy atom. The van der Waals surface area contributed by atoms with Gasteiger partial charge in [-0.3, -0.25) is 4.98 Å². The number of carboxylic acids is 1. The van der Waals surface area contributed by atoms with Gasteiger partial charge in [0.05, 0.1) is 11.3 Å². The Kier molecular flexibility index (Phi) is 3.42. The van der Waals surface area contributed by atoms with Crippen LogP contribution in [0, 0.1) is 0 Å². The zero-order chi connectivity index (χ0) is 13.1. The van der Waals surface area contributed by atoms with Gasteiger partial charge in [-0.05, 0) is 23.6 Å². The first-order chi connectivity index (χ1) is 8.58. The predicted molar refractivity (Wildman–Crippen MR) is 70.7 cm³/mol. The van der Waals surface area contributed by atoms with E-state index in [1.807, 2.05) is 12.1 Å². The molecule has 18 heavy (non-hydrogen) atoms. The quantitative estimate of drug-likeness (QED) is 0.893. The predicted octanol–water partition coefficient (Wildman–Crippen LogP) is 3.57. The maximum atomic E-state index is 10.7. The first-order valence-corrected chi connectivity index (χ1v) is 5.87. The van der Waals surface area contributed by atoms with Crippen LogP contribution in [0.2, 0.25) is 0 Å². The third-order valence-corrected chi connectivity index (χ3v) is 2.88. The molecule has 0 spiro atoms. The Hall–Kier alpha value is -2.16. The lowest BCUT2D eigenvalue weighted by Crippen LogP contribution is -1.97. The third kappa shape index (κ3) is 2.56. The van der Waals surface area contributed by atoms with Gasteiger partial charge in [0.1, 0.15) is 0 Å². The second-order valence-corrected chi connectivity index (χ2v) is 4.51. The molecule has 2 rings (SSSR count). The number of nitrogens with zero attached hydrogens (tertiary/aromatic N) is 1. The lowest BCUT2D eigenvalue weighted by atomic mass is 10.0. The van der Waals surface area contributed by atoms with Crippen LogP contribution in [0.5, 0.6) is 0 Å². The number of carboxylic acid groups (broad SMARTS) is 1. The molecule has 0 aliphatic rings. The standard InChI is InChI=1S/C15H15NO2/c1-10(2)11-3-5-12(6-4-11)14-8-7-13(9-16-14)15(17)18/h3-10H,1-2H3,(H,17,18). The molecule has 1 heterocycles. The lowest BCUT2D eigenvalue weighted by Gasteiger charge is -2.06. The van der Waals surface area contributed by atoms with Crippen molar-refractivity contribution in [2.75, 3.05) is 0 Å². The summed E-state index contributed by atoms with van der Waals surface area (Å²) in [5.41, 5.74) is 3.27. The summed E-state index contributed by atoms with van der Waals surface area (Å²) in [6.45, 7) is 4.30. The highest BCUT2D eigenvalue weighted by Crippen LogP contribution is 2.21. The van der Waals surface area contributed by atoms with E-state index < -0.39 is 5.97 Å². The molecular weight excluding hydrogens is 226 g/mol. The first-order valence-electron chi connectivity index (χ1n) is 5.87. The molecule has 0 saturated heterocycles. The van der Waals surface area contributed by atoms with Crippen molar-refractivity contribution < 1.29 is 9.90 Å².